The Kier molecular flexibility index (Phi) is 4.50. The van der Waals surface area contributed by atoms with Crippen LogP contribution >= 0.6 is 0 Å². The van der Waals surface area contributed by atoms with Crippen molar-refractivity contribution in [3.8, 4) is 11.1 Å². The van der Waals surface area contributed by atoms with Gasteiger partial charge in [0.15, 0.2) is 0 Å². The summed E-state index contributed by atoms with van der Waals surface area (Å²) in [4.78, 5) is 0. The second kappa shape index (κ2) is 6.21. The third kappa shape index (κ3) is 2.82. The van der Waals surface area contributed by atoms with Crippen molar-refractivity contribution >= 4 is 0 Å². The van der Waals surface area contributed by atoms with Crippen molar-refractivity contribution in [1.82, 2.24) is 0 Å². The summed E-state index contributed by atoms with van der Waals surface area (Å²) in [6, 6.07) is 17.9. The van der Waals surface area contributed by atoms with Crippen LogP contribution in [0.1, 0.15) is 28.6 Å². The number of fused-ring (bicyclic) bond motifs is 1. The molecule has 0 radical (unpaired) electrons. The molecule has 21 heavy (non-hydrogen) atoms. The van der Waals surface area contributed by atoms with Crippen LogP contribution in [0, 0.1) is 11.8 Å². The van der Waals surface area contributed by atoms with E-state index in [9.17, 15) is 0 Å². The number of hydrogen-bond acceptors (Lipinski definition) is 0. The zero-order valence-corrected chi connectivity index (χ0v) is 16.0. The second-order valence-electron chi connectivity index (χ2n) is 6.91. The standard InChI is InChI=1S/C18H19.2CH3.Zr/c1-13(2)16-11-15-9-6-10-17(18(15)12-16)14-7-4-3-5-8-14;;;/h3-11,13,16H,12H2,1-2H3;2*1H3;. The molecular weight excluding hydrogens is 331 g/mol. The third-order valence-electron chi connectivity index (χ3n) is 4.98. The zero-order chi connectivity index (χ0) is 15.0. The molecule has 2 aromatic rings. The summed E-state index contributed by atoms with van der Waals surface area (Å²) in [5.41, 5.74) is 6.20. The van der Waals surface area contributed by atoms with Crippen molar-refractivity contribution in [1.29, 1.82) is 0 Å². The molecule has 0 bridgehead atoms. The topological polar surface area (TPSA) is 0 Å². The van der Waals surface area contributed by atoms with Crippen LogP contribution in [0.25, 0.3) is 11.1 Å². The fourth-order valence-corrected chi connectivity index (χ4v) is 9.49. The molecule has 0 nitrogen and oxygen atoms in total. The van der Waals surface area contributed by atoms with E-state index in [1.54, 1.807) is 11.1 Å². The van der Waals surface area contributed by atoms with Gasteiger partial charge in [0.25, 0.3) is 0 Å². The molecule has 0 heterocycles. The molecule has 1 heteroatoms. The summed E-state index contributed by atoms with van der Waals surface area (Å²) in [5, 5.41) is 0. The molecule has 0 fully saturated rings. The molecule has 0 aromatic heterocycles. The van der Waals surface area contributed by atoms with Crippen molar-refractivity contribution < 1.29 is 21.8 Å². The van der Waals surface area contributed by atoms with Crippen molar-refractivity contribution in [3.05, 3.63) is 59.7 Å². The number of hydrogen-bond donors (Lipinski definition) is 0. The zero-order valence-electron chi connectivity index (χ0n) is 13.6. The van der Waals surface area contributed by atoms with Gasteiger partial charge in [0.1, 0.15) is 0 Å². The Balaban J connectivity index is 2.11. The van der Waals surface area contributed by atoms with Crippen LogP contribution in [0.3, 0.4) is 0 Å². The average molecular weight is 357 g/mol. The van der Waals surface area contributed by atoms with Crippen molar-refractivity contribution in [2.24, 2.45) is 11.8 Å². The van der Waals surface area contributed by atoms with Crippen molar-refractivity contribution in [2.75, 3.05) is 0 Å². The van der Waals surface area contributed by atoms with E-state index in [-0.39, 0.29) is 0 Å². The Bertz CT molecular complexity index is 613. The normalized spacial score (nSPS) is 20.6. The van der Waals surface area contributed by atoms with Gasteiger partial charge >= 0.3 is 138 Å². The molecule has 1 aliphatic rings. The maximum absolute atomic E-state index is 2.58. The van der Waals surface area contributed by atoms with Gasteiger partial charge in [-0.05, 0) is 0 Å². The molecule has 2 atom stereocenters. The summed E-state index contributed by atoms with van der Waals surface area (Å²) >= 11 is -1.27. The van der Waals surface area contributed by atoms with Crippen LogP contribution in [0.4, 0.5) is 0 Å². The Hall–Kier alpha value is -0.677. The molecule has 0 amide bonds. The molecule has 109 valence electrons. The first kappa shape index (κ1) is 15.2. The Morgan fingerprint density at radius 1 is 0.952 bits per heavy atom. The van der Waals surface area contributed by atoms with Gasteiger partial charge in [0.05, 0.1) is 0 Å². The molecule has 0 spiro atoms. The molecule has 0 N–H and O–H groups in total. The van der Waals surface area contributed by atoms with Gasteiger partial charge in [-0.1, -0.05) is 0 Å². The molecule has 0 aliphatic heterocycles. The predicted molar refractivity (Wildman–Crippen MR) is 88.4 cm³/mol. The van der Waals surface area contributed by atoms with Gasteiger partial charge in [-0.15, -0.1) is 0 Å². The van der Waals surface area contributed by atoms with E-state index < -0.39 is 21.8 Å². The first-order chi connectivity index (χ1) is 10.1. The Morgan fingerprint density at radius 3 is 2.29 bits per heavy atom. The fraction of sp³-hybridized carbons (Fsp3) is 0.400. The average Bonchev–Trinajstić information content (AvgIpc) is 2.87. The van der Waals surface area contributed by atoms with E-state index in [0.717, 1.165) is 15.5 Å². The quantitative estimate of drug-likeness (QED) is 0.638. The van der Waals surface area contributed by atoms with Gasteiger partial charge < -0.3 is 0 Å². The third-order valence-corrected chi connectivity index (χ3v) is 9.85. The van der Waals surface area contributed by atoms with Gasteiger partial charge in [-0.3, -0.25) is 0 Å². The first-order valence-corrected chi connectivity index (χ1v) is 14.4. The van der Waals surface area contributed by atoms with Gasteiger partial charge in [0.2, 0.25) is 0 Å². The summed E-state index contributed by atoms with van der Waals surface area (Å²) in [7, 11) is 0. The molecular formula is C20H25Zr. The van der Waals surface area contributed by atoms with Crippen LogP contribution in [-0.2, 0) is 28.2 Å². The van der Waals surface area contributed by atoms with Crippen LogP contribution in [0.5, 0.6) is 0 Å². The Labute approximate surface area is 137 Å². The van der Waals surface area contributed by atoms with Crippen molar-refractivity contribution in [2.45, 2.75) is 33.2 Å². The monoisotopic (exact) mass is 355 g/mol. The second-order valence-corrected chi connectivity index (χ2v) is 13.7. The number of benzene rings is 2. The van der Waals surface area contributed by atoms with Crippen LogP contribution in [-0.4, -0.2) is 0 Å². The summed E-state index contributed by atoms with van der Waals surface area (Å²) in [5.74, 6) is 1.66. The van der Waals surface area contributed by atoms with E-state index in [1.165, 1.54) is 17.5 Å². The maximum atomic E-state index is 2.58. The first-order valence-electron chi connectivity index (χ1n) is 8.07. The summed E-state index contributed by atoms with van der Waals surface area (Å²) in [6.07, 6.45) is 1.29. The molecule has 1 aliphatic carbocycles. The summed E-state index contributed by atoms with van der Waals surface area (Å²) in [6.45, 7) is 4.83. The molecule has 2 unspecified atom stereocenters. The van der Waals surface area contributed by atoms with Gasteiger partial charge in [-0.2, -0.15) is 0 Å². The minimum absolute atomic E-state index is 0.793. The predicted octanol–water partition coefficient (Wildman–Crippen LogP) is 5.94. The van der Waals surface area contributed by atoms with E-state index in [1.807, 2.05) is 0 Å². The van der Waals surface area contributed by atoms with Gasteiger partial charge in [0, 0.05) is 0 Å². The SMILES string of the molecule is CC(C)C1Cc2c(-c3ccccc3)cccc2[CH]1[Zr]([CH3])[CH3]. The van der Waals surface area contributed by atoms with E-state index in [0.29, 0.717) is 0 Å². The van der Waals surface area contributed by atoms with E-state index in [4.69, 9.17) is 0 Å². The van der Waals surface area contributed by atoms with E-state index in [2.05, 4.69) is 71.6 Å². The molecule has 0 saturated carbocycles. The van der Waals surface area contributed by atoms with Crippen LogP contribution in [0.2, 0.25) is 9.26 Å². The minimum atomic E-state index is -1.27. The molecule has 0 saturated heterocycles. The van der Waals surface area contributed by atoms with E-state index >= 15 is 0 Å². The van der Waals surface area contributed by atoms with Gasteiger partial charge in [-0.25, -0.2) is 0 Å². The van der Waals surface area contributed by atoms with Crippen molar-refractivity contribution in [3.63, 3.8) is 0 Å². The molecule has 2 aromatic carbocycles. The van der Waals surface area contributed by atoms with Crippen LogP contribution < -0.4 is 0 Å². The van der Waals surface area contributed by atoms with Crippen LogP contribution in [0.15, 0.2) is 48.5 Å². The Morgan fingerprint density at radius 2 is 1.67 bits per heavy atom. The summed E-state index contributed by atoms with van der Waals surface area (Å²) < 4.78 is 6.06. The molecule has 3 rings (SSSR count). The fourth-order valence-electron chi connectivity index (χ4n) is 3.96. The number of rotatable bonds is 3.